The summed E-state index contributed by atoms with van der Waals surface area (Å²) in [7, 11) is 0. The number of fused-ring (bicyclic) bond motifs is 1. The predicted molar refractivity (Wildman–Crippen MR) is 137 cm³/mol. The zero-order chi connectivity index (χ0) is 24.4. The van der Waals surface area contributed by atoms with Crippen molar-refractivity contribution < 1.29 is 44.2 Å². The number of benzene rings is 3. The van der Waals surface area contributed by atoms with Crippen LogP contribution in [0.4, 0.5) is 5.69 Å². The molecule has 4 aromatic rings. The van der Waals surface area contributed by atoms with Crippen LogP contribution in [0, 0.1) is 15.5 Å². The molecule has 7 nitrogen and oxygen atoms in total. The van der Waals surface area contributed by atoms with Crippen LogP contribution in [0.15, 0.2) is 72.8 Å². The topological polar surface area (TPSA) is 97.9 Å². The molecule has 1 aliphatic carbocycles. The van der Waals surface area contributed by atoms with Crippen molar-refractivity contribution in [3.8, 4) is 11.4 Å². The van der Waals surface area contributed by atoms with Crippen molar-refractivity contribution in [1.29, 1.82) is 0 Å². The van der Waals surface area contributed by atoms with Gasteiger partial charge in [0.05, 0.1) is 5.69 Å². The van der Waals surface area contributed by atoms with Gasteiger partial charge in [0.25, 0.3) is 0 Å². The van der Waals surface area contributed by atoms with Gasteiger partial charge in [0.1, 0.15) is 5.75 Å². The number of ether oxygens (including phenoxy) is 1. The molecule has 1 heterocycles. The van der Waals surface area contributed by atoms with E-state index in [1.54, 1.807) is 4.57 Å². The third-order valence-corrected chi connectivity index (χ3v) is 6.97. The number of carboxylic acids is 1. The fourth-order valence-corrected chi connectivity index (χ4v) is 5.18. The summed E-state index contributed by atoms with van der Waals surface area (Å²) < 4.78 is 8.66. The molecule has 2 atom stereocenters. The third kappa shape index (κ3) is 5.66. The number of nitrogens with zero attached hydrogens (tertiary/aromatic N) is 1. The number of aromatic amines is 2. The van der Waals surface area contributed by atoms with Crippen LogP contribution in [0.5, 0.6) is 5.75 Å². The van der Waals surface area contributed by atoms with E-state index in [0.29, 0.717) is 28.1 Å². The molecule has 1 aromatic heterocycles. The number of nitrogens with one attached hydrogen (secondary N) is 3. The number of aliphatic carboxylic acids is 1. The molecule has 0 fully saturated rings. The van der Waals surface area contributed by atoms with Crippen molar-refractivity contribution in [1.82, 2.24) is 14.8 Å². The number of carbonyl (C=O) groups excluding carboxylic acids is 1. The summed E-state index contributed by atoms with van der Waals surface area (Å²) in [5.41, 5.74) is 4.95. The van der Waals surface area contributed by atoms with Crippen molar-refractivity contribution >= 4 is 36.1 Å². The molecule has 0 bridgehead atoms. The number of rotatable bonds is 7. The van der Waals surface area contributed by atoms with Crippen LogP contribution >= 0.6 is 24.4 Å². The molecule has 178 valence electrons. The monoisotopic (exact) mass is 526 g/mol. The first-order chi connectivity index (χ1) is 17.0. The quantitative estimate of drug-likeness (QED) is 0.191. The van der Waals surface area contributed by atoms with Crippen LogP contribution in [0.1, 0.15) is 22.6 Å². The van der Waals surface area contributed by atoms with E-state index in [2.05, 4.69) is 21.6 Å². The maximum Gasteiger partial charge on any atom is 1.00 e. The third-order valence-electron chi connectivity index (χ3n) is 6.40. The fourth-order valence-electron chi connectivity index (χ4n) is 4.62. The van der Waals surface area contributed by atoms with Gasteiger partial charge in [0.2, 0.25) is 0 Å². The smallest absolute Gasteiger partial charge is 0.550 e. The van der Waals surface area contributed by atoms with Crippen molar-refractivity contribution in [2.45, 2.75) is 18.8 Å². The summed E-state index contributed by atoms with van der Waals surface area (Å²) in [6.07, 6.45) is 1.14. The Morgan fingerprint density at radius 2 is 1.64 bits per heavy atom. The molecule has 0 amide bonds. The van der Waals surface area contributed by atoms with Gasteiger partial charge in [0, 0.05) is 17.6 Å². The van der Waals surface area contributed by atoms with Crippen molar-refractivity contribution in [2.24, 2.45) is 5.92 Å². The van der Waals surface area contributed by atoms with E-state index in [1.807, 2.05) is 66.7 Å². The van der Waals surface area contributed by atoms with Crippen molar-refractivity contribution in [2.75, 3.05) is 12.0 Å². The average molecular weight is 527 g/mol. The number of aromatic nitrogens is 3. The molecule has 0 aliphatic heterocycles. The maximum absolute atomic E-state index is 11.9. The molecule has 2 unspecified atom stereocenters. The van der Waals surface area contributed by atoms with Crippen molar-refractivity contribution in [3.63, 3.8) is 0 Å². The van der Waals surface area contributed by atoms with Gasteiger partial charge < -0.3 is 20.0 Å². The summed E-state index contributed by atoms with van der Waals surface area (Å²) in [6.45, 7) is 0.254. The number of anilines is 1. The van der Waals surface area contributed by atoms with Crippen LogP contribution in [0.3, 0.4) is 0 Å². The molecule has 36 heavy (non-hydrogen) atoms. The van der Waals surface area contributed by atoms with Crippen LogP contribution < -0.4 is 44.7 Å². The Labute approximate surface area is 240 Å². The second kappa shape index (κ2) is 11.6. The Hall–Kier alpha value is -2.69. The van der Waals surface area contributed by atoms with Crippen LogP contribution in [-0.2, 0) is 17.6 Å². The van der Waals surface area contributed by atoms with Crippen LogP contribution in [0.25, 0.3) is 5.69 Å². The number of carbonyl (C=O) groups is 1. The van der Waals surface area contributed by atoms with E-state index < -0.39 is 11.9 Å². The van der Waals surface area contributed by atoms with E-state index in [1.165, 1.54) is 5.56 Å². The molecule has 1 aliphatic rings. The van der Waals surface area contributed by atoms with Gasteiger partial charge in [-0.1, -0.05) is 36.4 Å². The van der Waals surface area contributed by atoms with E-state index in [4.69, 9.17) is 29.2 Å². The van der Waals surface area contributed by atoms with Gasteiger partial charge in [-0.05, 0) is 96.3 Å². The molecule has 3 N–H and O–H groups in total. The summed E-state index contributed by atoms with van der Waals surface area (Å²) in [5.74, 6) is -1.07. The van der Waals surface area contributed by atoms with Gasteiger partial charge in [-0.15, -0.1) is 0 Å². The first-order valence-electron chi connectivity index (χ1n) is 11.2. The molecule has 0 saturated heterocycles. The van der Waals surface area contributed by atoms with Crippen LogP contribution in [0.2, 0.25) is 0 Å². The fraction of sp³-hybridized carbons (Fsp3) is 0.192. The number of carboxylic acid groups (broad SMARTS) is 1. The molecule has 0 saturated carbocycles. The Bertz CT molecular complexity index is 1450. The molecule has 0 radical (unpaired) electrons. The Kier molecular flexibility index (Phi) is 8.48. The van der Waals surface area contributed by atoms with E-state index >= 15 is 0 Å². The standard InChI is InChI=1S/C26H24N4O3S2.Na/c31-24(32)23-14-17-5-2-1-4-16(17)13-22(23)18-6-3-7-21(12-18)33-15-27-19-8-10-20(11-9-19)30-25(34)28-29-26(30)35;/h1-12,22-23,27H,13-15H2,(H,28,34)(H,29,35)(H,31,32);/q;+1/p-1. The van der Waals surface area contributed by atoms with Gasteiger partial charge in [-0.2, -0.15) is 0 Å². The summed E-state index contributed by atoms with van der Waals surface area (Å²) in [5, 5.41) is 20.8. The first kappa shape index (κ1) is 26.4. The second-order valence-electron chi connectivity index (χ2n) is 8.49. The van der Waals surface area contributed by atoms with E-state index in [-0.39, 0.29) is 42.2 Å². The largest absolute Gasteiger partial charge is 1.00 e. The molecule has 3 aromatic carbocycles. The molecular formula is C26H23N4NaO3S2. The van der Waals surface area contributed by atoms with Gasteiger partial charge in [-0.3, -0.25) is 14.8 Å². The van der Waals surface area contributed by atoms with Gasteiger partial charge in [-0.25, -0.2) is 0 Å². The van der Waals surface area contributed by atoms with Crippen molar-refractivity contribution in [3.05, 3.63) is 99.0 Å². The number of H-pyrrole nitrogens is 2. The van der Waals surface area contributed by atoms with Gasteiger partial charge in [0.15, 0.2) is 16.3 Å². The molecular weight excluding hydrogens is 503 g/mol. The first-order valence-corrected chi connectivity index (χ1v) is 12.1. The maximum atomic E-state index is 11.9. The molecule has 5 rings (SSSR count). The summed E-state index contributed by atoms with van der Waals surface area (Å²) in [6, 6.07) is 23.3. The summed E-state index contributed by atoms with van der Waals surface area (Å²) >= 11 is 10.5. The average Bonchev–Trinajstić information content (AvgIpc) is 3.21. The zero-order valence-electron chi connectivity index (χ0n) is 19.7. The van der Waals surface area contributed by atoms with Gasteiger partial charge >= 0.3 is 29.6 Å². The predicted octanol–water partition coefficient (Wildman–Crippen LogP) is 1.29. The number of hydrogen-bond acceptors (Lipinski definition) is 6. The SMILES string of the molecule is O=C([O-])C1Cc2ccccc2CC1c1cccc(OCNc2ccc(-n3c(=S)[nH][nH]c3=S)cc2)c1.[Na+]. The van der Waals surface area contributed by atoms with Crippen LogP contribution in [-0.4, -0.2) is 27.5 Å². The zero-order valence-corrected chi connectivity index (χ0v) is 23.3. The minimum absolute atomic E-state index is 0. The Morgan fingerprint density at radius 1 is 0.972 bits per heavy atom. The number of hydrogen-bond donors (Lipinski definition) is 3. The minimum atomic E-state index is -1.01. The normalized spacial score (nSPS) is 16.4. The molecule has 0 spiro atoms. The molecule has 10 heteroatoms. The Balaban J connectivity index is 0.00000304. The van der Waals surface area contributed by atoms with E-state index in [0.717, 1.165) is 22.5 Å². The van der Waals surface area contributed by atoms with E-state index in [9.17, 15) is 9.90 Å². The summed E-state index contributed by atoms with van der Waals surface area (Å²) in [4.78, 5) is 11.9. The minimum Gasteiger partial charge on any atom is -0.550 e. The second-order valence-corrected chi connectivity index (χ2v) is 9.26. The Morgan fingerprint density at radius 3 is 2.31 bits per heavy atom.